The zero-order valence-electron chi connectivity index (χ0n) is 11.6. The largest absolute Gasteiger partial charge is 0.385 e. The smallest absolute Gasteiger partial charge is 0.224 e. The Morgan fingerprint density at radius 1 is 1.22 bits per heavy atom. The van der Waals surface area contributed by atoms with Crippen LogP contribution in [-0.4, -0.2) is 56.9 Å². The van der Waals surface area contributed by atoms with Crippen molar-refractivity contribution >= 4 is 5.91 Å². The molecule has 0 saturated heterocycles. The maximum atomic E-state index is 12.2. The molecule has 18 heavy (non-hydrogen) atoms. The minimum absolute atomic E-state index is 0.144. The van der Waals surface area contributed by atoms with E-state index in [1.54, 1.807) is 14.2 Å². The number of carbonyl (C=O) groups excluding carboxylic acids is 1. The Morgan fingerprint density at radius 2 is 1.89 bits per heavy atom. The summed E-state index contributed by atoms with van der Waals surface area (Å²) in [5, 5.41) is 0. The Hall–Kier alpha value is -0.650. The summed E-state index contributed by atoms with van der Waals surface area (Å²) in [4.78, 5) is 14.0. The molecule has 0 heterocycles. The molecule has 0 atom stereocenters. The predicted octanol–water partition coefficient (Wildman–Crippen LogP) is 0.769. The molecular formula is C13H26N2O3. The average Bonchev–Trinajstić information content (AvgIpc) is 2.31. The van der Waals surface area contributed by atoms with Crippen molar-refractivity contribution in [2.45, 2.75) is 37.6 Å². The van der Waals surface area contributed by atoms with Crippen molar-refractivity contribution in [3.8, 4) is 0 Å². The lowest BCUT2D eigenvalue weighted by Gasteiger charge is -2.39. The molecule has 1 saturated carbocycles. The lowest BCUT2D eigenvalue weighted by atomic mass is 9.75. The minimum Gasteiger partial charge on any atom is -0.385 e. The second-order valence-electron chi connectivity index (χ2n) is 5.11. The first-order valence-electron chi connectivity index (χ1n) is 6.66. The fourth-order valence-corrected chi connectivity index (χ4v) is 2.18. The second-order valence-corrected chi connectivity index (χ2v) is 5.11. The quantitative estimate of drug-likeness (QED) is 0.620. The molecular weight excluding hydrogens is 232 g/mol. The van der Waals surface area contributed by atoms with Gasteiger partial charge in [-0.25, -0.2) is 0 Å². The van der Waals surface area contributed by atoms with E-state index >= 15 is 0 Å². The molecule has 1 rings (SSSR count). The molecule has 5 nitrogen and oxygen atoms in total. The van der Waals surface area contributed by atoms with Crippen molar-refractivity contribution in [2.75, 3.05) is 40.5 Å². The van der Waals surface area contributed by atoms with Crippen LogP contribution in [0.15, 0.2) is 0 Å². The van der Waals surface area contributed by atoms with Gasteiger partial charge in [-0.15, -0.1) is 0 Å². The van der Waals surface area contributed by atoms with Crippen LogP contribution < -0.4 is 5.73 Å². The SMILES string of the molecule is COCCCN(CCOC)C(=O)CC1(N)CCC1. The number of hydrogen-bond acceptors (Lipinski definition) is 4. The lowest BCUT2D eigenvalue weighted by Crippen LogP contribution is -2.51. The third-order valence-electron chi connectivity index (χ3n) is 3.55. The van der Waals surface area contributed by atoms with Gasteiger partial charge in [0.1, 0.15) is 0 Å². The molecule has 0 radical (unpaired) electrons. The fourth-order valence-electron chi connectivity index (χ4n) is 2.18. The van der Waals surface area contributed by atoms with Gasteiger partial charge in [0.2, 0.25) is 5.91 Å². The summed E-state index contributed by atoms with van der Waals surface area (Å²) in [5.41, 5.74) is 5.88. The highest BCUT2D eigenvalue weighted by Gasteiger charge is 2.35. The normalized spacial score (nSPS) is 17.3. The van der Waals surface area contributed by atoms with Gasteiger partial charge in [-0.05, 0) is 25.7 Å². The van der Waals surface area contributed by atoms with E-state index in [-0.39, 0.29) is 11.4 Å². The molecule has 1 aliphatic rings. The fraction of sp³-hybridized carbons (Fsp3) is 0.923. The molecule has 0 aliphatic heterocycles. The van der Waals surface area contributed by atoms with Crippen molar-refractivity contribution in [3.05, 3.63) is 0 Å². The lowest BCUT2D eigenvalue weighted by molar-refractivity contribution is -0.134. The highest BCUT2D eigenvalue weighted by molar-refractivity contribution is 5.77. The van der Waals surface area contributed by atoms with Gasteiger partial charge >= 0.3 is 0 Å². The van der Waals surface area contributed by atoms with Gasteiger partial charge in [-0.1, -0.05) is 0 Å². The molecule has 1 amide bonds. The predicted molar refractivity (Wildman–Crippen MR) is 70.3 cm³/mol. The van der Waals surface area contributed by atoms with Crippen LogP contribution in [0, 0.1) is 0 Å². The number of amides is 1. The Balaban J connectivity index is 2.38. The van der Waals surface area contributed by atoms with Crippen LogP contribution in [0.4, 0.5) is 0 Å². The molecule has 0 unspecified atom stereocenters. The third-order valence-corrected chi connectivity index (χ3v) is 3.55. The van der Waals surface area contributed by atoms with E-state index in [1.807, 2.05) is 4.90 Å². The summed E-state index contributed by atoms with van der Waals surface area (Å²) in [6.07, 6.45) is 4.39. The van der Waals surface area contributed by atoms with Crippen LogP contribution in [0.2, 0.25) is 0 Å². The number of ether oxygens (including phenoxy) is 2. The molecule has 0 spiro atoms. The molecule has 0 bridgehead atoms. The maximum Gasteiger partial charge on any atom is 0.224 e. The Morgan fingerprint density at radius 3 is 2.39 bits per heavy atom. The molecule has 0 aromatic carbocycles. The monoisotopic (exact) mass is 258 g/mol. The number of nitrogens with zero attached hydrogens (tertiary/aromatic N) is 1. The van der Waals surface area contributed by atoms with Crippen LogP contribution >= 0.6 is 0 Å². The van der Waals surface area contributed by atoms with E-state index in [0.29, 0.717) is 32.7 Å². The van der Waals surface area contributed by atoms with Gasteiger partial charge < -0.3 is 20.1 Å². The van der Waals surface area contributed by atoms with Crippen LogP contribution in [0.25, 0.3) is 0 Å². The van der Waals surface area contributed by atoms with E-state index < -0.39 is 0 Å². The minimum atomic E-state index is -0.246. The first-order valence-corrected chi connectivity index (χ1v) is 6.66. The molecule has 0 aromatic heterocycles. The van der Waals surface area contributed by atoms with E-state index in [2.05, 4.69) is 0 Å². The van der Waals surface area contributed by atoms with Gasteiger partial charge in [0.05, 0.1) is 6.61 Å². The third kappa shape index (κ3) is 4.92. The zero-order chi connectivity index (χ0) is 13.4. The van der Waals surface area contributed by atoms with Crippen LogP contribution in [0.1, 0.15) is 32.1 Å². The van der Waals surface area contributed by atoms with Gasteiger partial charge in [0, 0.05) is 45.9 Å². The van der Waals surface area contributed by atoms with E-state index in [1.165, 1.54) is 0 Å². The number of hydrogen-bond donors (Lipinski definition) is 1. The summed E-state index contributed by atoms with van der Waals surface area (Å²) in [6, 6.07) is 0. The number of rotatable bonds is 9. The summed E-state index contributed by atoms with van der Waals surface area (Å²) < 4.78 is 10.1. The Kier molecular flexibility index (Phi) is 6.60. The van der Waals surface area contributed by atoms with Crippen LogP contribution in [-0.2, 0) is 14.3 Å². The van der Waals surface area contributed by atoms with E-state index in [9.17, 15) is 4.79 Å². The van der Waals surface area contributed by atoms with Crippen LogP contribution in [0.3, 0.4) is 0 Å². The first-order chi connectivity index (χ1) is 8.61. The number of nitrogens with two attached hydrogens (primary N) is 1. The summed E-state index contributed by atoms with van der Waals surface area (Å²) >= 11 is 0. The number of methoxy groups -OCH3 is 2. The highest BCUT2D eigenvalue weighted by Crippen LogP contribution is 2.32. The maximum absolute atomic E-state index is 12.2. The second kappa shape index (κ2) is 7.71. The van der Waals surface area contributed by atoms with Crippen molar-refractivity contribution in [2.24, 2.45) is 5.73 Å². The summed E-state index contributed by atoms with van der Waals surface area (Å²) in [6.45, 7) is 2.59. The van der Waals surface area contributed by atoms with Crippen LogP contribution in [0.5, 0.6) is 0 Å². The zero-order valence-corrected chi connectivity index (χ0v) is 11.6. The van der Waals surface area contributed by atoms with Gasteiger partial charge in [0.15, 0.2) is 0 Å². The van der Waals surface area contributed by atoms with E-state index in [4.69, 9.17) is 15.2 Å². The summed E-state index contributed by atoms with van der Waals surface area (Å²) in [7, 11) is 3.32. The van der Waals surface area contributed by atoms with Crippen molar-refractivity contribution in [3.63, 3.8) is 0 Å². The molecule has 2 N–H and O–H groups in total. The molecule has 0 aromatic rings. The molecule has 106 valence electrons. The van der Waals surface area contributed by atoms with Gasteiger partial charge in [-0.2, -0.15) is 0 Å². The van der Waals surface area contributed by atoms with Gasteiger partial charge in [-0.3, -0.25) is 4.79 Å². The molecule has 5 heteroatoms. The standard InChI is InChI=1S/C13H26N2O3/c1-17-9-4-7-15(8-10-18-2)12(16)11-13(14)5-3-6-13/h3-11,14H2,1-2H3. The average molecular weight is 258 g/mol. The topological polar surface area (TPSA) is 64.8 Å². The van der Waals surface area contributed by atoms with Crippen molar-refractivity contribution in [1.82, 2.24) is 4.90 Å². The van der Waals surface area contributed by atoms with Crippen molar-refractivity contribution < 1.29 is 14.3 Å². The molecule has 1 fully saturated rings. The molecule has 1 aliphatic carbocycles. The Labute approximate surface area is 110 Å². The first kappa shape index (κ1) is 15.4. The van der Waals surface area contributed by atoms with Crippen molar-refractivity contribution in [1.29, 1.82) is 0 Å². The summed E-state index contributed by atoms with van der Waals surface area (Å²) in [5.74, 6) is 0.144. The van der Waals surface area contributed by atoms with E-state index in [0.717, 1.165) is 25.7 Å². The highest BCUT2D eigenvalue weighted by atomic mass is 16.5. The van der Waals surface area contributed by atoms with Gasteiger partial charge in [0.25, 0.3) is 0 Å². The Bertz CT molecular complexity index is 255. The number of carbonyl (C=O) groups is 1.